The Morgan fingerprint density at radius 2 is 1.92 bits per heavy atom. The van der Waals surface area contributed by atoms with Crippen molar-refractivity contribution in [3.63, 3.8) is 0 Å². The molecule has 2 aromatic rings. The molecule has 1 aromatic heterocycles. The maximum atomic E-state index is 9.45. The molecule has 0 amide bonds. The molecule has 1 aromatic carbocycles. The van der Waals surface area contributed by atoms with Crippen LogP contribution in [-0.4, -0.2) is 18.3 Å². The van der Waals surface area contributed by atoms with Crippen molar-refractivity contribution in [2.75, 3.05) is 0 Å². The number of thiophene rings is 1. The molecule has 1 saturated heterocycles. The second-order valence-corrected chi connectivity index (χ2v) is 8.18. The summed E-state index contributed by atoms with van der Waals surface area (Å²) in [6, 6.07) is 10.8. The van der Waals surface area contributed by atoms with Crippen molar-refractivity contribution in [3.8, 4) is 6.07 Å². The van der Waals surface area contributed by atoms with E-state index < -0.39 is 0 Å². The topological polar surface area (TPSA) is 42.2 Å². The lowest BCUT2D eigenvalue weighted by molar-refractivity contribution is 0.00578. The lowest BCUT2D eigenvalue weighted by atomic mass is 9.77. The first-order valence-electron chi connectivity index (χ1n) is 8.21. The summed E-state index contributed by atoms with van der Waals surface area (Å²) in [6.45, 7) is 8.11. The van der Waals surface area contributed by atoms with Crippen molar-refractivity contribution < 1.29 is 9.31 Å². The number of hydrogen-bond donors (Lipinski definition) is 0. The van der Waals surface area contributed by atoms with Gasteiger partial charge in [-0.3, -0.25) is 0 Å². The number of allylic oxidation sites excluding steroid dienone is 1. The zero-order valence-corrected chi connectivity index (χ0v) is 15.4. The molecule has 0 radical (unpaired) electrons. The van der Waals surface area contributed by atoms with Gasteiger partial charge in [-0.05, 0) is 62.2 Å². The molecule has 1 atom stereocenters. The number of nitriles is 1. The Labute approximate surface area is 148 Å². The van der Waals surface area contributed by atoms with Crippen LogP contribution < -0.4 is 0 Å². The Morgan fingerprint density at radius 3 is 2.58 bits per heavy atom. The molecule has 0 aliphatic carbocycles. The number of benzene rings is 1. The van der Waals surface area contributed by atoms with Gasteiger partial charge >= 0.3 is 7.12 Å². The van der Waals surface area contributed by atoms with E-state index in [2.05, 4.69) is 35.7 Å². The SMILES string of the molecule is CC1(C)OB(C[C@H](C#N)/C=C/c2ccc3sccc3c2)OC1(C)C. The smallest absolute Gasteiger partial charge is 0.403 e. The van der Waals surface area contributed by atoms with Crippen LogP contribution in [-0.2, 0) is 9.31 Å². The molecule has 3 nitrogen and oxygen atoms in total. The van der Waals surface area contributed by atoms with Crippen molar-refractivity contribution in [2.45, 2.75) is 45.2 Å². The van der Waals surface area contributed by atoms with Crippen LogP contribution in [0.4, 0.5) is 0 Å². The quantitative estimate of drug-likeness (QED) is 0.724. The molecule has 124 valence electrons. The maximum absolute atomic E-state index is 9.45. The van der Waals surface area contributed by atoms with Gasteiger partial charge in [0.25, 0.3) is 0 Å². The molecule has 0 bridgehead atoms. The molecule has 2 heterocycles. The van der Waals surface area contributed by atoms with E-state index in [1.54, 1.807) is 11.3 Å². The van der Waals surface area contributed by atoms with Crippen LogP contribution in [0.3, 0.4) is 0 Å². The molecule has 3 rings (SSSR count). The molecule has 0 N–H and O–H groups in total. The third kappa shape index (κ3) is 3.42. The Hall–Kier alpha value is -1.61. The zero-order valence-electron chi connectivity index (χ0n) is 14.6. The molecule has 5 heteroatoms. The number of rotatable bonds is 4. The molecule has 0 saturated carbocycles. The van der Waals surface area contributed by atoms with Crippen molar-refractivity contribution >= 4 is 34.6 Å². The first-order valence-corrected chi connectivity index (χ1v) is 9.09. The first-order chi connectivity index (χ1) is 11.3. The second-order valence-electron chi connectivity index (χ2n) is 7.23. The largest absolute Gasteiger partial charge is 0.459 e. The Morgan fingerprint density at radius 1 is 1.21 bits per heavy atom. The molecule has 0 spiro atoms. The van der Waals surface area contributed by atoms with Gasteiger partial charge in [0, 0.05) is 11.0 Å². The van der Waals surface area contributed by atoms with Gasteiger partial charge in [0.2, 0.25) is 0 Å². The summed E-state index contributed by atoms with van der Waals surface area (Å²) in [7, 11) is -0.344. The van der Waals surface area contributed by atoms with Crippen LogP contribution in [0.15, 0.2) is 35.7 Å². The number of hydrogen-bond acceptors (Lipinski definition) is 4. The molecule has 1 fully saturated rings. The summed E-state index contributed by atoms with van der Waals surface area (Å²) in [5.74, 6) is -0.238. The third-order valence-electron chi connectivity index (χ3n) is 4.91. The summed E-state index contributed by atoms with van der Waals surface area (Å²) in [4.78, 5) is 0. The van der Waals surface area contributed by atoms with E-state index in [9.17, 15) is 5.26 Å². The van der Waals surface area contributed by atoms with Crippen LogP contribution >= 0.6 is 11.3 Å². The standard InChI is InChI=1S/C19H22BNO2S/c1-18(2)19(3,4)23-20(22-18)12-15(13-21)6-5-14-7-8-17-16(11-14)9-10-24-17/h5-11,15H,12H2,1-4H3/b6-5+/t15-/m1/s1. The lowest BCUT2D eigenvalue weighted by Gasteiger charge is -2.32. The predicted octanol–water partition coefficient (Wildman–Crippen LogP) is 5.15. The van der Waals surface area contributed by atoms with Gasteiger partial charge in [-0.15, -0.1) is 11.3 Å². The van der Waals surface area contributed by atoms with Gasteiger partial charge in [-0.25, -0.2) is 0 Å². The summed E-state index contributed by atoms with van der Waals surface area (Å²) in [5.41, 5.74) is 0.395. The van der Waals surface area contributed by atoms with E-state index in [-0.39, 0.29) is 24.2 Å². The van der Waals surface area contributed by atoms with Gasteiger partial charge in [0.1, 0.15) is 0 Å². The Balaban J connectivity index is 1.68. The van der Waals surface area contributed by atoms with Gasteiger partial charge in [-0.2, -0.15) is 5.26 Å². The average molecular weight is 339 g/mol. The Kier molecular flexibility index (Phi) is 4.57. The van der Waals surface area contributed by atoms with Crippen molar-refractivity contribution in [1.82, 2.24) is 0 Å². The van der Waals surface area contributed by atoms with Gasteiger partial charge in [0.15, 0.2) is 0 Å². The fourth-order valence-electron chi connectivity index (χ4n) is 2.76. The molecular formula is C19H22BNO2S. The van der Waals surface area contributed by atoms with Gasteiger partial charge in [0.05, 0.1) is 23.2 Å². The van der Waals surface area contributed by atoms with Crippen LogP contribution in [0.25, 0.3) is 16.2 Å². The Bertz CT molecular complexity index is 787. The van der Waals surface area contributed by atoms with Gasteiger partial charge < -0.3 is 9.31 Å². The number of nitrogens with zero attached hydrogens (tertiary/aromatic N) is 1. The second kappa shape index (κ2) is 6.36. The molecule has 0 unspecified atom stereocenters. The first kappa shape index (κ1) is 17.2. The van der Waals surface area contributed by atoms with Crippen molar-refractivity contribution in [3.05, 3.63) is 41.3 Å². The fraction of sp³-hybridized carbons (Fsp3) is 0.421. The van der Waals surface area contributed by atoms with E-state index in [1.165, 1.54) is 10.1 Å². The minimum Gasteiger partial charge on any atom is -0.403 e. The average Bonchev–Trinajstić information content (AvgIpc) is 3.04. The summed E-state index contributed by atoms with van der Waals surface area (Å²) < 4.78 is 13.3. The highest BCUT2D eigenvalue weighted by atomic mass is 32.1. The molecular weight excluding hydrogens is 317 g/mol. The highest BCUT2D eigenvalue weighted by molar-refractivity contribution is 7.17. The van der Waals surface area contributed by atoms with Crippen LogP contribution in [0.1, 0.15) is 33.3 Å². The van der Waals surface area contributed by atoms with Gasteiger partial charge in [-0.1, -0.05) is 18.2 Å². The minimum absolute atomic E-state index is 0.238. The van der Waals surface area contributed by atoms with Crippen LogP contribution in [0.5, 0.6) is 0 Å². The van der Waals surface area contributed by atoms with E-state index in [1.807, 2.05) is 39.8 Å². The minimum atomic E-state index is -0.356. The summed E-state index contributed by atoms with van der Waals surface area (Å²) in [5, 5.41) is 12.8. The van der Waals surface area contributed by atoms with Crippen LogP contribution in [0, 0.1) is 17.2 Å². The summed E-state index contributed by atoms with van der Waals surface area (Å²) >= 11 is 1.74. The van der Waals surface area contributed by atoms with Crippen molar-refractivity contribution in [2.24, 2.45) is 5.92 Å². The lowest BCUT2D eigenvalue weighted by Crippen LogP contribution is -2.41. The highest BCUT2D eigenvalue weighted by Crippen LogP contribution is 2.38. The number of fused-ring (bicyclic) bond motifs is 1. The van der Waals surface area contributed by atoms with Crippen LogP contribution in [0.2, 0.25) is 6.32 Å². The van der Waals surface area contributed by atoms with E-state index in [0.29, 0.717) is 6.32 Å². The molecule has 24 heavy (non-hydrogen) atoms. The normalized spacial score (nSPS) is 20.5. The monoisotopic (exact) mass is 339 g/mol. The van der Waals surface area contributed by atoms with E-state index >= 15 is 0 Å². The zero-order chi connectivity index (χ0) is 17.4. The predicted molar refractivity (Wildman–Crippen MR) is 101 cm³/mol. The highest BCUT2D eigenvalue weighted by Gasteiger charge is 2.51. The maximum Gasteiger partial charge on any atom is 0.459 e. The molecule has 1 aliphatic heterocycles. The summed E-state index contributed by atoms with van der Waals surface area (Å²) in [6.07, 6.45) is 4.50. The fourth-order valence-corrected chi connectivity index (χ4v) is 3.53. The molecule has 1 aliphatic rings. The van der Waals surface area contributed by atoms with Crippen molar-refractivity contribution in [1.29, 1.82) is 5.26 Å². The van der Waals surface area contributed by atoms with E-state index in [4.69, 9.17) is 9.31 Å². The third-order valence-corrected chi connectivity index (χ3v) is 5.81. The van der Waals surface area contributed by atoms with E-state index in [0.717, 1.165) is 5.56 Å².